The molecule has 164 valence electrons. The lowest BCUT2D eigenvalue weighted by atomic mass is 9.99. The fourth-order valence-corrected chi connectivity index (χ4v) is 3.32. The highest BCUT2D eigenvalue weighted by Gasteiger charge is 2.24. The van der Waals surface area contributed by atoms with E-state index >= 15 is 0 Å². The van der Waals surface area contributed by atoms with Gasteiger partial charge in [0.25, 0.3) is 0 Å². The van der Waals surface area contributed by atoms with E-state index < -0.39 is 17.3 Å². The Bertz CT molecular complexity index is 1210. The van der Waals surface area contributed by atoms with Crippen LogP contribution in [0.3, 0.4) is 0 Å². The van der Waals surface area contributed by atoms with E-state index in [9.17, 15) is 20.1 Å². The highest BCUT2D eigenvalue weighted by atomic mass is 16.5. The number of rotatable bonds is 7. The number of aliphatic hydroxyl groups is 1. The van der Waals surface area contributed by atoms with Crippen LogP contribution in [0.1, 0.15) is 12.5 Å². The van der Waals surface area contributed by atoms with Crippen molar-refractivity contribution in [2.24, 2.45) is 0 Å². The first-order valence-corrected chi connectivity index (χ1v) is 9.37. The zero-order valence-corrected chi connectivity index (χ0v) is 17.7. The van der Waals surface area contributed by atoms with E-state index in [1.54, 1.807) is 25.1 Å². The normalized spacial score (nSPS) is 11.9. The summed E-state index contributed by atoms with van der Waals surface area (Å²) < 4.78 is 21.5. The standard InChI is InChI=1S/C23H24O8/c1-11(2)14(24)9-13-8-12(6-7-16(13)28-3)21-23(30-5)20(27)18-17(31-21)10-15(25)22(29-4)19(18)26/h6-8,10,14,24-26H,1,9H2,2-5H3/t14-/m0/s1. The van der Waals surface area contributed by atoms with Gasteiger partial charge < -0.3 is 33.9 Å². The van der Waals surface area contributed by atoms with Crippen molar-refractivity contribution in [2.75, 3.05) is 21.3 Å². The maximum Gasteiger partial charge on any atom is 0.239 e. The molecule has 0 saturated carbocycles. The molecule has 0 aliphatic heterocycles. The van der Waals surface area contributed by atoms with Crippen LogP contribution in [0, 0.1) is 0 Å². The number of phenols is 2. The van der Waals surface area contributed by atoms with Crippen molar-refractivity contribution in [3.63, 3.8) is 0 Å². The fourth-order valence-electron chi connectivity index (χ4n) is 3.32. The van der Waals surface area contributed by atoms with Gasteiger partial charge in [-0.1, -0.05) is 12.2 Å². The summed E-state index contributed by atoms with van der Waals surface area (Å²) in [7, 11) is 4.08. The molecule has 0 fully saturated rings. The van der Waals surface area contributed by atoms with Crippen LogP contribution in [0.5, 0.6) is 28.7 Å². The lowest BCUT2D eigenvalue weighted by Gasteiger charge is -2.16. The molecule has 3 aromatic rings. The molecule has 0 unspecified atom stereocenters. The first kappa shape index (κ1) is 22.0. The zero-order valence-electron chi connectivity index (χ0n) is 17.7. The van der Waals surface area contributed by atoms with E-state index in [1.165, 1.54) is 27.4 Å². The van der Waals surface area contributed by atoms with Gasteiger partial charge in [0.1, 0.15) is 16.7 Å². The van der Waals surface area contributed by atoms with E-state index in [2.05, 4.69) is 6.58 Å². The molecule has 8 heteroatoms. The Balaban J connectivity index is 2.27. The lowest BCUT2D eigenvalue weighted by molar-refractivity contribution is 0.210. The number of hydrogen-bond acceptors (Lipinski definition) is 8. The average molecular weight is 428 g/mol. The van der Waals surface area contributed by atoms with Gasteiger partial charge in [-0.15, -0.1) is 0 Å². The minimum absolute atomic E-state index is 0.0454. The summed E-state index contributed by atoms with van der Waals surface area (Å²) in [5.41, 5.74) is 1.07. The molecule has 0 aliphatic carbocycles. The quantitative estimate of drug-likeness (QED) is 0.490. The molecule has 0 aliphatic rings. The Kier molecular flexibility index (Phi) is 6.12. The second kappa shape index (κ2) is 8.61. The number of ether oxygens (including phenoxy) is 3. The number of hydrogen-bond donors (Lipinski definition) is 3. The van der Waals surface area contributed by atoms with E-state index in [-0.39, 0.29) is 40.4 Å². The maximum atomic E-state index is 13.1. The Morgan fingerprint density at radius 2 is 1.77 bits per heavy atom. The van der Waals surface area contributed by atoms with Crippen LogP contribution in [0.15, 0.2) is 45.6 Å². The number of methoxy groups -OCH3 is 3. The fraction of sp³-hybridized carbons (Fsp3) is 0.261. The molecule has 0 saturated heterocycles. The average Bonchev–Trinajstić information content (AvgIpc) is 2.73. The number of aromatic hydroxyl groups is 2. The van der Waals surface area contributed by atoms with E-state index in [1.807, 2.05) is 0 Å². The molecular formula is C23H24O8. The van der Waals surface area contributed by atoms with E-state index in [0.717, 1.165) is 0 Å². The third-order valence-corrected chi connectivity index (χ3v) is 4.98. The smallest absolute Gasteiger partial charge is 0.239 e. The third kappa shape index (κ3) is 3.89. The summed E-state index contributed by atoms with van der Waals surface area (Å²) in [5, 5.41) is 30.6. The van der Waals surface area contributed by atoms with Crippen molar-refractivity contribution in [3.8, 4) is 40.1 Å². The number of benzene rings is 2. The van der Waals surface area contributed by atoms with Crippen molar-refractivity contribution in [1.29, 1.82) is 0 Å². The molecule has 1 heterocycles. The predicted octanol–water partition coefficient (Wildman–Crippen LogP) is 3.38. The van der Waals surface area contributed by atoms with Crippen LogP contribution < -0.4 is 19.6 Å². The summed E-state index contributed by atoms with van der Waals surface area (Å²) in [6, 6.07) is 6.25. The van der Waals surface area contributed by atoms with Gasteiger partial charge in [0, 0.05) is 18.1 Å². The SMILES string of the molecule is C=C(C)[C@@H](O)Cc1cc(-c2oc3cc(O)c(OC)c(O)c3c(=O)c2OC)ccc1OC. The lowest BCUT2D eigenvalue weighted by Crippen LogP contribution is -2.12. The van der Waals surface area contributed by atoms with Crippen LogP contribution in [-0.4, -0.2) is 42.8 Å². The maximum absolute atomic E-state index is 13.1. The Morgan fingerprint density at radius 1 is 1.10 bits per heavy atom. The molecule has 0 spiro atoms. The molecule has 8 nitrogen and oxygen atoms in total. The summed E-state index contributed by atoms with van der Waals surface area (Å²) in [6.07, 6.45) is -0.540. The number of phenolic OH excluding ortho intramolecular Hbond substituents is 2. The molecule has 0 radical (unpaired) electrons. The van der Waals surface area contributed by atoms with Crippen molar-refractivity contribution in [2.45, 2.75) is 19.4 Å². The van der Waals surface area contributed by atoms with Gasteiger partial charge in [-0.2, -0.15) is 0 Å². The molecule has 0 amide bonds. The van der Waals surface area contributed by atoms with Crippen LogP contribution >= 0.6 is 0 Å². The monoisotopic (exact) mass is 428 g/mol. The second-order valence-corrected chi connectivity index (χ2v) is 7.04. The van der Waals surface area contributed by atoms with Crippen molar-refractivity contribution >= 4 is 11.0 Å². The molecular weight excluding hydrogens is 404 g/mol. The molecule has 3 rings (SSSR count). The Labute approximate surface area is 178 Å². The zero-order chi connectivity index (χ0) is 22.9. The third-order valence-electron chi connectivity index (χ3n) is 4.98. The van der Waals surface area contributed by atoms with Crippen LogP contribution in [0.2, 0.25) is 0 Å². The molecule has 31 heavy (non-hydrogen) atoms. The van der Waals surface area contributed by atoms with Crippen molar-refractivity contribution in [3.05, 3.63) is 52.2 Å². The highest BCUT2D eigenvalue weighted by Crippen LogP contribution is 2.43. The van der Waals surface area contributed by atoms with Gasteiger partial charge in [-0.25, -0.2) is 0 Å². The molecule has 2 aromatic carbocycles. The van der Waals surface area contributed by atoms with Gasteiger partial charge in [-0.3, -0.25) is 4.79 Å². The predicted molar refractivity (Wildman–Crippen MR) is 115 cm³/mol. The van der Waals surface area contributed by atoms with Crippen LogP contribution in [0.25, 0.3) is 22.3 Å². The Morgan fingerprint density at radius 3 is 2.35 bits per heavy atom. The topological polar surface area (TPSA) is 119 Å². The van der Waals surface area contributed by atoms with Gasteiger partial charge in [-0.05, 0) is 30.7 Å². The van der Waals surface area contributed by atoms with Gasteiger partial charge in [0.05, 0.1) is 27.4 Å². The number of fused-ring (bicyclic) bond motifs is 1. The van der Waals surface area contributed by atoms with Crippen LogP contribution in [0.4, 0.5) is 0 Å². The summed E-state index contributed by atoms with van der Waals surface area (Å²) in [5.74, 6) is -0.658. The van der Waals surface area contributed by atoms with Gasteiger partial charge in [0.2, 0.25) is 16.9 Å². The molecule has 1 aromatic heterocycles. The largest absolute Gasteiger partial charge is 0.504 e. The van der Waals surface area contributed by atoms with Gasteiger partial charge in [0.15, 0.2) is 17.3 Å². The molecule has 1 atom stereocenters. The number of aliphatic hydroxyl groups excluding tert-OH is 1. The molecule has 0 bridgehead atoms. The minimum Gasteiger partial charge on any atom is -0.504 e. The molecule has 3 N–H and O–H groups in total. The summed E-state index contributed by atoms with van der Waals surface area (Å²) >= 11 is 0. The minimum atomic E-state index is -0.781. The summed E-state index contributed by atoms with van der Waals surface area (Å²) in [4.78, 5) is 13.1. The van der Waals surface area contributed by atoms with Crippen molar-refractivity contribution in [1.82, 2.24) is 0 Å². The highest BCUT2D eigenvalue weighted by molar-refractivity contribution is 5.91. The van der Waals surface area contributed by atoms with Gasteiger partial charge >= 0.3 is 0 Å². The second-order valence-electron chi connectivity index (χ2n) is 7.04. The first-order chi connectivity index (χ1) is 14.7. The van der Waals surface area contributed by atoms with E-state index in [4.69, 9.17) is 18.6 Å². The van der Waals surface area contributed by atoms with Crippen molar-refractivity contribution < 1.29 is 33.9 Å². The Hall–Kier alpha value is -3.65. The first-order valence-electron chi connectivity index (χ1n) is 9.37. The van der Waals surface area contributed by atoms with Crippen LogP contribution in [-0.2, 0) is 6.42 Å². The summed E-state index contributed by atoms with van der Waals surface area (Å²) in [6.45, 7) is 5.48. The van der Waals surface area contributed by atoms with E-state index in [0.29, 0.717) is 22.4 Å².